The van der Waals surface area contributed by atoms with Gasteiger partial charge in [-0.05, 0) is 19.1 Å². The van der Waals surface area contributed by atoms with Gasteiger partial charge in [0, 0.05) is 6.92 Å². The normalized spacial score (nSPS) is 10.9. The first-order chi connectivity index (χ1) is 7.11. The van der Waals surface area contributed by atoms with Crippen LogP contribution in [0.15, 0.2) is 35.4 Å². The van der Waals surface area contributed by atoms with Gasteiger partial charge in [-0.2, -0.15) is 5.10 Å². The quantitative estimate of drug-likeness (QED) is 0.581. The second kappa shape index (κ2) is 5.05. The molecule has 1 rings (SSSR count). The molecular formula is C11H13N3O. The summed E-state index contributed by atoms with van der Waals surface area (Å²) >= 11 is 0. The third-order valence-electron chi connectivity index (χ3n) is 1.76. The third kappa shape index (κ3) is 3.34. The Balaban J connectivity index is 2.79. The lowest BCUT2D eigenvalue weighted by molar-refractivity contribution is -0.110. The summed E-state index contributed by atoms with van der Waals surface area (Å²) in [6.07, 6.45) is 0. The van der Waals surface area contributed by atoms with Gasteiger partial charge in [0.25, 0.3) is 0 Å². The number of anilines is 1. The molecule has 0 spiro atoms. The van der Waals surface area contributed by atoms with Gasteiger partial charge >= 0.3 is 0 Å². The largest absolute Gasteiger partial charge is 0.303 e. The number of benzene rings is 1. The molecule has 0 aliphatic heterocycles. The number of hydrazone groups is 1. The molecule has 1 aromatic rings. The van der Waals surface area contributed by atoms with Gasteiger partial charge in [-0.3, -0.25) is 10.2 Å². The highest BCUT2D eigenvalue weighted by Crippen LogP contribution is 2.04. The summed E-state index contributed by atoms with van der Waals surface area (Å²) in [7, 11) is 0. The van der Waals surface area contributed by atoms with Gasteiger partial charge in [-0.15, -0.1) is 0 Å². The van der Waals surface area contributed by atoms with E-state index in [1.165, 1.54) is 13.8 Å². The van der Waals surface area contributed by atoms with Crippen LogP contribution < -0.4 is 5.43 Å². The average Bonchev–Trinajstić information content (AvgIpc) is 2.18. The summed E-state index contributed by atoms with van der Waals surface area (Å²) in [6, 6.07) is 9.29. The van der Waals surface area contributed by atoms with Gasteiger partial charge in [0.05, 0.1) is 11.4 Å². The number of rotatable bonds is 4. The summed E-state index contributed by atoms with van der Waals surface area (Å²) in [4.78, 5) is 11.1. The van der Waals surface area contributed by atoms with Gasteiger partial charge < -0.3 is 5.41 Å². The van der Waals surface area contributed by atoms with Crippen LogP contribution in [0.4, 0.5) is 5.69 Å². The summed E-state index contributed by atoms with van der Waals surface area (Å²) in [5, 5.41) is 11.2. The molecule has 0 aliphatic rings. The molecule has 0 saturated heterocycles. The Kier molecular flexibility index (Phi) is 3.74. The zero-order valence-electron chi connectivity index (χ0n) is 8.74. The Morgan fingerprint density at radius 3 is 2.33 bits per heavy atom. The van der Waals surface area contributed by atoms with Crippen LogP contribution in [-0.2, 0) is 4.79 Å². The molecule has 0 aromatic heterocycles. The molecule has 1 aromatic carbocycles. The van der Waals surface area contributed by atoms with E-state index < -0.39 is 0 Å². The first-order valence-corrected chi connectivity index (χ1v) is 4.56. The van der Waals surface area contributed by atoms with Gasteiger partial charge in [-0.1, -0.05) is 18.2 Å². The summed E-state index contributed by atoms with van der Waals surface area (Å²) in [6.45, 7) is 2.93. The van der Waals surface area contributed by atoms with Crippen LogP contribution >= 0.6 is 0 Å². The summed E-state index contributed by atoms with van der Waals surface area (Å²) in [5.41, 5.74) is 3.83. The van der Waals surface area contributed by atoms with Crippen LogP contribution in [0.5, 0.6) is 0 Å². The second-order valence-corrected chi connectivity index (χ2v) is 3.12. The van der Waals surface area contributed by atoms with Crippen molar-refractivity contribution in [2.45, 2.75) is 13.8 Å². The molecule has 15 heavy (non-hydrogen) atoms. The molecular weight excluding hydrogens is 190 g/mol. The highest BCUT2D eigenvalue weighted by molar-refractivity contribution is 6.66. The molecule has 4 nitrogen and oxygen atoms in total. The minimum absolute atomic E-state index is 0.152. The van der Waals surface area contributed by atoms with E-state index in [1.54, 1.807) is 0 Å². The second-order valence-electron chi connectivity index (χ2n) is 3.12. The monoisotopic (exact) mass is 203 g/mol. The number of carbonyl (C=O) groups excluding carboxylic acids is 1. The highest BCUT2D eigenvalue weighted by atomic mass is 16.1. The Labute approximate surface area is 88.5 Å². The lowest BCUT2D eigenvalue weighted by Gasteiger charge is -2.02. The van der Waals surface area contributed by atoms with E-state index in [-0.39, 0.29) is 17.2 Å². The molecule has 0 atom stereocenters. The summed E-state index contributed by atoms with van der Waals surface area (Å²) in [5.74, 6) is -0.217. The number of para-hydroxylation sites is 1. The minimum Gasteiger partial charge on any atom is -0.303 e. The number of hydrogen-bond acceptors (Lipinski definition) is 4. The molecule has 2 N–H and O–H groups in total. The number of ketones is 1. The topological polar surface area (TPSA) is 65.3 Å². The van der Waals surface area contributed by atoms with Gasteiger partial charge in [0.2, 0.25) is 0 Å². The maximum Gasteiger partial charge on any atom is 0.181 e. The number of nitrogens with one attached hydrogen (secondary N) is 2. The number of hydrogen-bond donors (Lipinski definition) is 2. The highest BCUT2D eigenvalue weighted by Gasteiger charge is 2.07. The minimum atomic E-state index is -0.217. The maximum absolute atomic E-state index is 11.1. The van der Waals surface area contributed by atoms with Gasteiger partial charge in [0.1, 0.15) is 5.71 Å². The number of Topliss-reactive ketones (excluding diaryl/α,β-unsaturated/α-hetero) is 1. The van der Waals surface area contributed by atoms with Crippen LogP contribution in [0, 0.1) is 5.41 Å². The Hall–Kier alpha value is -1.97. The lowest BCUT2D eigenvalue weighted by Crippen LogP contribution is -2.19. The maximum atomic E-state index is 11.1. The van der Waals surface area contributed by atoms with E-state index >= 15 is 0 Å². The Bertz CT molecular complexity index is 380. The fourth-order valence-corrected chi connectivity index (χ4v) is 1.06. The first kappa shape index (κ1) is 11.1. The van der Waals surface area contributed by atoms with E-state index in [4.69, 9.17) is 5.41 Å². The third-order valence-corrected chi connectivity index (χ3v) is 1.76. The van der Waals surface area contributed by atoms with Gasteiger partial charge in [-0.25, -0.2) is 0 Å². The van der Waals surface area contributed by atoms with E-state index in [0.717, 1.165) is 5.69 Å². The Morgan fingerprint density at radius 2 is 1.87 bits per heavy atom. The van der Waals surface area contributed by atoms with Crippen LogP contribution in [0.25, 0.3) is 0 Å². The zero-order valence-corrected chi connectivity index (χ0v) is 8.74. The fraction of sp³-hybridized carbons (Fsp3) is 0.182. The molecule has 0 amide bonds. The van der Waals surface area contributed by atoms with Crippen molar-refractivity contribution in [1.82, 2.24) is 0 Å². The molecule has 0 bridgehead atoms. The lowest BCUT2D eigenvalue weighted by atomic mass is 10.2. The van der Waals surface area contributed by atoms with E-state index in [1.807, 2.05) is 30.3 Å². The molecule has 0 unspecified atom stereocenters. The molecule has 0 heterocycles. The predicted octanol–water partition coefficient (Wildman–Crippen LogP) is 2.08. The van der Waals surface area contributed by atoms with Crippen molar-refractivity contribution in [2.75, 3.05) is 5.43 Å². The average molecular weight is 203 g/mol. The molecule has 0 aliphatic carbocycles. The van der Waals surface area contributed by atoms with Crippen LogP contribution in [-0.4, -0.2) is 17.2 Å². The van der Waals surface area contributed by atoms with Crippen molar-refractivity contribution >= 4 is 22.9 Å². The van der Waals surface area contributed by atoms with Crippen molar-refractivity contribution in [3.63, 3.8) is 0 Å². The van der Waals surface area contributed by atoms with Crippen molar-refractivity contribution in [3.05, 3.63) is 30.3 Å². The van der Waals surface area contributed by atoms with E-state index in [0.29, 0.717) is 0 Å². The van der Waals surface area contributed by atoms with E-state index in [2.05, 4.69) is 10.5 Å². The number of carbonyl (C=O) groups is 1. The Morgan fingerprint density at radius 1 is 1.27 bits per heavy atom. The smallest absolute Gasteiger partial charge is 0.181 e. The zero-order chi connectivity index (χ0) is 11.3. The number of nitrogens with zero attached hydrogens (tertiary/aromatic N) is 1. The molecule has 0 fully saturated rings. The SMILES string of the molecule is CC(=N)/C(=N/Nc1ccccc1)C(C)=O. The predicted molar refractivity (Wildman–Crippen MR) is 61.6 cm³/mol. The van der Waals surface area contributed by atoms with Crippen molar-refractivity contribution in [2.24, 2.45) is 5.10 Å². The van der Waals surface area contributed by atoms with Crippen molar-refractivity contribution in [1.29, 1.82) is 5.41 Å². The molecule has 4 heteroatoms. The first-order valence-electron chi connectivity index (χ1n) is 4.56. The van der Waals surface area contributed by atoms with Crippen LogP contribution in [0.3, 0.4) is 0 Å². The van der Waals surface area contributed by atoms with E-state index in [9.17, 15) is 4.79 Å². The molecule has 0 radical (unpaired) electrons. The van der Waals surface area contributed by atoms with Crippen LogP contribution in [0.2, 0.25) is 0 Å². The van der Waals surface area contributed by atoms with Crippen molar-refractivity contribution in [3.8, 4) is 0 Å². The molecule has 78 valence electrons. The van der Waals surface area contributed by atoms with Crippen molar-refractivity contribution < 1.29 is 4.79 Å². The fourth-order valence-electron chi connectivity index (χ4n) is 1.06. The standard InChI is InChI=1S/C11H13N3O/c1-8(12)11(9(2)15)14-13-10-6-4-3-5-7-10/h3-7,12-13H,1-2H3/b12-8?,14-11-. The molecule has 0 saturated carbocycles. The van der Waals surface area contributed by atoms with Gasteiger partial charge in [0.15, 0.2) is 5.78 Å². The van der Waals surface area contributed by atoms with Crippen LogP contribution in [0.1, 0.15) is 13.8 Å². The summed E-state index contributed by atoms with van der Waals surface area (Å²) < 4.78 is 0.